The fourth-order valence-electron chi connectivity index (χ4n) is 1.83. The monoisotopic (exact) mass is 213 g/mol. The van der Waals surface area contributed by atoms with Crippen LogP contribution in [-0.4, -0.2) is 43.2 Å². The Kier molecular flexibility index (Phi) is 5.47. The van der Waals surface area contributed by atoms with Crippen molar-refractivity contribution in [3.63, 3.8) is 0 Å². The van der Waals surface area contributed by atoms with Crippen molar-refractivity contribution in [1.29, 1.82) is 0 Å². The van der Waals surface area contributed by atoms with Crippen molar-refractivity contribution in [2.75, 3.05) is 26.2 Å². The molecule has 4 heteroatoms. The molecule has 1 unspecified atom stereocenters. The fourth-order valence-corrected chi connectivity index (χ4v) is 1.83. The van der Waals surface area contributed by atoms with E-state index in [2.05, 4.69) is 16.8 Å². The van der Waals surface area contributed by atoms with Crippen LogP contribution >= 0.6 is 0 Å². The molecule has 88 valence electrons. The van der Waals surface area contributed by atoms with Crippen LogP contribution in [0.1, 0.15) is 33.1 Å². The summed E-state index contributed by atoms with van der Waals surface area (Å²) in [6, 6.07) is 0. The van der Waals surface area contributed by atoms with Crippen LogP contribution < -0.4 is 5.73 Å². The molecule has 1 heterocycles. The smallest absolute Gasteiger partial charge is 0.191 e. The van der Waals surface area contributed by atoms with Crippen LogP contribution in [0.2, 0.25) is 0 Å². The van der Waals surface area contributed by atoms with Crippen molar-refractivity contribution in [2.45, 2.75) is 39.2 Å². The highest BCUT2D eigenvalue weighted by molar-refractivity contribution is 5.78. The number of piperidine rings is 1. The van der Waals surface area contributed by atoms with E-state index in [9.17, 15) is 0 Å². The quantitative estimate of drug-likeness (QED) is 0.564. The van der Waals surface area contributed by atoms with E-state index < -0.39 is 0 Å². The maximum Gasteiger partial charge on any atom is 0.191 e. The van der Waals surface area contributed by atoms with Crippen molar-refractivity contribution in [1.82, 2.24) is 4.90 Å². The summed E-state index contributed by atoms with van der Waals surface area (Å²) < 4.78 is 5.74. The highest BCUT2D eigenvalue weighted by Crippen LogP contribution is 2.13. The van der Waals surface area contributed by atoms with Gasteiger partial charge >= 0.3 is 0 Å². The molecule has 1 aliphatic heterocycles. The van der Waals surface area contributed by atoms with E-state index in [1.54, 1.807) is 0 Å². The Hall–Kier alpha value is -0.770. The average Bonchev–Trinajstić information content (AvgIpc) is 2.27. The van der Waals surface area contributed by atoms with Crippen molar-refractivity contribution >= 4 is 5.96 Å². The van der Waals surface area contributed by atoms with Crippen molar-refractivity contribution in [2.24, 2.45) is 10.7 Å². The zero-order valence-electron chi connectivity index (χ0n) is 9.91. The number of hydrogen-bond acceptors (Lipinski definition) is 2. The Morgan fingerprint density at radius 2 is 2.33 bits per heavy atom. The molecule has 0 spiro atoms. The van der Waals surface area contributed by atoms with Gasteiger partial charge in [-0.15, -0.1) is 0 Å². The van der Waals surface area contributed by atoms with Gasteiger partial charge in [0, 0.05) is 26.2 Å². The Morgan fingerprint density at radius 3 is 3.00 bits per heavy atom. The maximum atomic E-state index is 5.87. The Morgan fingerprint density at radius 1 is 1.53 bits per heavy atom. The molecule has 1 aliphatic rings. The van der Waals surface area contributed by atoms with Gasteiger partial charge in [-0.05, 0) is 26.2 Å². The topological polar surface area (TPSA) is 50.9 Å². The van der Waals surface area contributed by atoms with Gasteiger partial charge in [-0.1, -0.05) is 6.92 Å². The molecule has 0 aromatic rings. The van der Waals surface area contributed by atoms with Crippen molar-refractivity contribution in [3.05, 3.63) is 0 Å². The molecular formula is C11H23N3O. The molecule has 2 N–H and O–H groups in total. The lowest BCUT2D eigenvalue weighted by Gasteiger charge is -2.33. The predicted molar refractivity (Wildman–Crippen MR) is 63.0 cm³/mol. The largest absolute Gasteiger partial charge is 0.376 e. The maximum absolute atomic E-state index is 5.87. The van der Waals surface area contributed by atoms with Crippen LogP contribution in [0.25, 0.3) is 0 Å². The molecule has 0 saturated carbocycles. The summed E-state index contributed by atoms with van der Waals surface area (Å²) in [6.07, 6.45) is 3.71. The molecule has 0 amide bonds. The summed E-state index contributed by atoms with van der Waals surface area (Å²) in [5.74, 6) is 0.669. The van der Waals surface area contributed by atoms with Gasteiger partial charge in [0.1, 0.15) is 0 Å². The minimum Gasteiger partial charge on any atom is -0.376 e. The fraction of sp³-hybridized carbons (Fsp3) is 0.909. The minimum atomic E-state index is 0.337. The summed E-state index contributed by atoms with van der Waals surface area (Å²) in [7, 11) is 0. The van der Waals surface area contributed by atoms with Crippen LogP contribution in [0.5, 0.6) is 0 Å². The van der Waals surface area contributed by atoms with Gasteiger partial charge in [-0.25, -0.2) is 0 Å². The first-order chi connectivity index (χ1) is 7.27. The van der Waals surface area contributed by atoms with Crippen LogP contribution in [0.15, 0.2) is 4.99 Å². The van der Waals surface area contributed by atoms with Gasteiger partial charge in [-0.3, -0.25) is 4.99 Å². The second kappa shape index (κ2) is 6.67. The van der Waals surface area contributed by atoms with E-state index >= 15 is 0 Å². The molecular weight excluding hydrogens is 190 g/mol. The van der Waals surface area contributed by atoms with Crippen molar-refractivity contribution < 1.29 is 4.74 Å². The van der Waals surface area contributed by atoms with Crippen molar-refractivity contribution in [3.8, 4) is 0 Å². The minimum absolute atomic E-state index is 0.337. The molecule has 4 nitrogen and oxygen atoms in total. The zero-order chi connectivity index (χ0) is 11.1. The average molecular weight is 213 g/mol. The third-order valence-corrected chi connectivity index (χ3v) is 2.58. The van der Waals surface area contributed by atoms with Crippen LogP contribution in [0, 0.1) is 0 Å². The summed E-state index contributed by atoms with van der Waals surface area (Å²) in [4.78, 5) is 6.36. The van der Waals surface area contributed by atoms with Gasteiger partial charge in [0.15, 0.2) is 5.96 Å². The first kappa shape index (κ1) is 12.3. The number of ether oxygens (including phenoxy) is 1. The summed E-state index contributed by atoms with van der Waals surface area (Å²) in [5, 5.41) is 0. The first-order valence-electron chi connectivity index (χ1n) is 5.94. The highest BCUT2D eigenvalue weighted by atomic mass is 16.5. The molecule has 1 fully saturated rings. The standard InChI is InChI=1S/C11H23N3O/c1-3-8-15-10-6-5-7-14(9-10)11(12)13-4-2/h10H,3-9H2,1-2H3,(H2,12,13). The van der Waals surface area contributed by atoms with E-state index in [1.165, 1.54) is 0 Å². The van der Waals surface area contributed by atoms with Gasteiger partial charge in [0.05, 0.1) is 6.10 Å². The lowest BCUT2D eigenvalue weighted by atomic mass is 10.1. The molecule has 0 aromatic carbocycles. The van der Waals surface area contributed by atoms with E-state index in [4.69, 9.17) is 10.5 Å². The number of rotatable bonds is 4. The predicted octanol–water partition coefficient (Wildman–Crippen LogP) is 1.21. The van der Waals surface area contributed by atoms with Crippen LogP contribution in [0.4, 0.5) is 0 Å². The molecule has 1 rings (SSSR count). The van der Waals surface area contributed by atoms with E-state index in [0.717, 1.165) is 45.5 Å². The van der Waals surface area contributed by atoms with Gasteiger partial charge in [-0.2, -0.15) is 0 Å². The van der Waals surface area contributed by atoms with Crippen LogP contribution in [-0.2, 0) is 4.74 Å². The number of hydrogen-bond donors (Lipinski definition) is 1. The van der Waals surface area contributed by atoms with E-state index in [0.29, 0.717) is 12.1 Å². The summed E-state index contributed by atoms with van der Waals surface area (Å²) in [5.41, 5.74) is 5.87. The molecule has 0 aromatic heterocycles. The Bertz CT molecular complexity index is 206. The lowest BCUT2D eigenvalue weighted by molar-refractivity contribution is 0.0162. The number of nitrogens with zero attached hydrogens (tertiary/aromatic N) is 2. The first-order valence-corrected chi connectivity index (χ1v) is 5.94. The van der Waals surface area contributed by atoms with E-state index in [-0.39, 0.29) is 0 Å². The number of aliphatic imine (C=N–C) groups is 1. The third-order valence-electron chi connectivity index (χ3n) is 2.58. The molecule has 1 saturated heterocycles. The normalized spacial score (nSPS) is 23.2. The molecule has 15 heavy (non-hydrogen) atoms. The van der Waals surface area contributed by atoms with E-state index in [1.807, 2.05) is 6.92 Å². The number of nitrogens with two attached hydrogens (primary N) is 1. The Balaban J connectivity index is 2.38. The second-order valence-corrected chi connectivity index (χ2v) is 3.91. The number of guanidine groups is 1. The summed E-state index contributed by atoms with van der Waals surface area (Å²) in [6.45, 7) is 7.65. The Labute approximate surface area is 92.5 Å². The highest BCUT2D eigenvalue weighted by Gasteiger charge is 2.21. The third kappa shape index (κ3) is 4.08. The molecule has 0 bridgehead atoms. The van der Waals surface area contributed by atoms with Crippen LogP contribution in [0.3, 0.4) is 0 Å². The molecule has 1 atom stereocenters. The van der Waals surface area contributed by atoms with Gasteiger partial charge in [0.2, 0.25) is 0 Å². The molecule has 0 aliphatic carbocycles. The van der Waals surface area contributed by atoms with Gasteiger partial charge < -0.3 is 15.4 Å². The lowest BCUT2D eigenvalue weighted by Crippen LogP contribution is -2.46. The van der Waals surface area contributed by atoms with Gasteiger partial charge in [0.25, 0.3) is 0 Å². The SMILES string of the molecule is CCCOC1CCCN(C(N)=NCC)C1. The zero-order valence-corrected chi connectivity index (χ0v) is 9.91. The number of likely N-dealkylation sites (tertiary alicyclic amines) is 1. The molecule has 0 radical (unpaired) electrons. The second-order valence-electron chi connectivity index (χ2n) is 3.91. The summed E-state index contributed by atoms with van der Waals surface area (Å²) >= 11 is 0.